The summed E-state index contributed by atoms with van der Waals surface area (Å²) in [5.41, 5.74) is 0. The summed E-state index contributed by atoms with van der Waals surface area (Å²) in [5, 5.41) is 0. The van der Waals surface area contributed by atoms with Crippen LogP contribution in [0.15, 0.2) is 4.99 Å². The van der Waals surface area contributed by atoms with Crippen molar-refractivity contribution in [2.45, 2.75) is 26.7 Å². The first kappa shape index (κ1) is 10.4. The molecular formula is C10H21N3. The van der Waals surface area contributed by atoms with Crippen molar-refractivity contribution in [2.24, 2.45) is 4.99 Å². The lowest BCUT2D eigenvalue weighted by Gasteiger charge is -2.21. The molecule has 0 aromatic rings. The Bertz CT molecular complexity index is 161. The van der Waals surface area contributed by atoms with Crippen LogP contribution in [0.3, 0.4) is 0 Å². The largest absolute Gasteiger partial charge is 0.341 e. The highest BCUT2D eigenvalue weighted by Crippen LogP contribution is 2.09. The Morgan fingerprint density at radius 2 is 1.54 bits per heavy atom. The van der Waals surface area contributed by atoms with E-state index < -0.39 is 0 Å². The molecule has 0 amide bonds. The molecule has 0 radical (unpaired) electrons. The fraction of sp³-hybridized carbons (Fsp3) is 0.900. The van der Waals surface area contributed by atoms with Gasteiger partial charge < -0.3 is 9.80 Å². The fourth-order valence-corrected chi connectivity index (χ4v) is 1.89. The zero-order chi connectivity index (χ0) is 9.68. The maximum atomic E-state index is 4.36. The van der Waals surface area contributed by atoms with Gasteiger partial charge in [0, 0.05) is 33.2 Å². The first-order valence-electron chi connectivity index (χ1n) is 5.30. The van der Waals surface area contributed by atoms with Gasteiger partial charge in [0.15, 0.2) is 5.96 Å². The molecule has 1 fully saturated rings. The molecule has 0 atom stereocenters. The van der Waals surface area contributed by atoms with Crippen LogP contribution in [-0.4, -0.2) is 49.0 Å². The molecule has 1 saturated heterocycles. The minimum absolute atomic E-state index is 1.15. The predicted molar refractivity (Wildman–Crippen MR) is 57.1 cm³/mol. The average molecular weight is 183 g/mol. The van der Waals surface area contributed by atoms with E-state index in [-0.39, 0.29) is 0 Å². The molecule has 0 unspecified atom stereocenters. The molecule has 0 spiro atoms. The van der Waals surface area contributed by atoms with Crippen LogP contribution in [-0.2, 0) is 0 Å². The fourth-order valence-electron chi connectivity index (χ4n) is 1.89. The van der Waals surface area contributed by atoms with Crippen LogP contribution < -0.4 is 0 Å². The van der Waals surface area contributed by atoms with Gasteiger partial charge in [0.2, 0.25) is 0 Å². The predicted octanol–water partition coefficient (Wildman–Crippen LogP) is 1.41. The number of rotatable bonds is 4. The molecule has 0 saturated carbocycles. The molecule has 0 N–H and O–H groups in total. The monoisotopic (exact) mass is 183 g/mol. The lowest BCUT2D eigenvalue weighted by Crippen LogP contribution is -2.34. The van der Waals surface area contributed by atoms with Gasteiger partial charge in [-0.2, -0.15) is 0 Å². The van der Waals surface area contributed by atoms with Gasteiger partial charge in [-0.3, -0.25) is 4.99 Å². The molecule has 1 heterocycles. The van der Waals surface area contributed by atoms with Crippen LogP contribution >= 0.6 is 0 Å². The molecular weight excluding hydrogens is 162 g/mol. The Morgan fingerprint density at radius 1 is 1.08 bits per heavy atom. The van der Waals surface area contributed by atoms with Gasteiger partial charge in [0.05, 0.1) is 0 Å². The Balaban J connectivity index is 2.53. The van der Waals surface area contributed by atoms with E-state index in [2.05, 4.69) is 28.6 Å². The van der Waals surface area contributed by atoms with Crippen molar-refractivity contribution < 1.29 is 0 Å². The summed E-state index contributed by atoms with van der Waals surface area (Å²) in [6.45, 7) is 9.03. The number of hydrogen-bond donors (Lipinski definition) is 0. The molecule has 3 heteroatoms. The number of aliphatic imine (C=N–C) groups is 1. The molecule has 3 nitrogen and oxygen atoms in total. The Labute approximate surface area is 81.4 Å². The summed E-state index contributed by atoms with van der Waals surface area (Å²) in [5.74, 6) is 1.20. The van der Waals surface area contributed by atoms with Crippen molar-refractivity contribution in [2.75, 3.05) is 33.2 Å². The molecule has 1 aliphatic rings. The highest BCUT2D eigenvalue weighted by Gasteiger charge is 2.23. The van der Waals surface area contributed by atoms with Gasteiger partial charge in [0.1, 0.15) is 0 Å². The van der Waals surface area contributed by atoms with Crippen molar-refractivity contribution in [3.63, 3.8) is 0 Å². The normalized spacial score (nSPS) is 17.0. The van der Waals surface area contributed by atoms with Gasteiger partial charge in [-0.1, -0.05) is 13.8 Å². The molecule has 0 aromatic heterocycles. The highest BCUT2D eigenvalue weighted by molar-refractivity contribution is 5.81. The first-order valence-corrected chi connectivity index (χ1v) is 5.30. The second-order valence-electron chi connectivity index (χ2n) is 3.50. The molecule has 76 valence electrons. The molecule has 0 aromatic carbocycles. The van der Waals surface area contributed by atoms with E-state index in [1.807, 2.05) is 7.05 Å². The van der Waals surface area contributed by atoms with Gasteiger partial charge in [0.25, 0.3) is 0 Å². The van der Waals surface area contributed by atoms with E-state index >= 15 is 0 Å². The van der Waals surface area contributed by atoms with E-state index in [1.165, 1.54) is 18.8 Å². The summed E-state index contributed by atoms with van der Waals surface area (Å²) >= 11 is 0. The summed E-state index contributed by atoms with van der Waals surface area (Å²) in [6.07, 6.45) is 2.41. The van der Waals surface area contributed by atoms with Crippen LogP contribution in [0.4, 0.5) is 0 Å². The quantitative estimate of drug-likeness (QED) is 0.656. The third kappa shape index (κ3) is 2.36. The SMILES string of the molecule is CCCN1CCN(CCC)C1=NC. The van der Waals surface area contributed by atoms with Gasteiger partial charge in [-0.15, -0.1) is 0 Å². The lowest BCUT2D eigenvalue weighted by atomic mass is 10.4. The van der Waals surface area contributed by atoms with Crippen molar-refractivity contribution in [3.05, 3.63) is 0 Å². The number of nitrogens with zero attached hydrogens (tertiary/aromatic N) is 3. The third-order valence-corrected chi connectivity index (χ3v) is 2.39. The van der Waals surface area contributed by atoms with Crippen molar-refractivity contribution in [3.8, 4) is 0 Å². The van der Waals surface area contributed by atoms with Crippen LogP contribution in [0.5, 0.6) is 0 Å². The van der Waals surface area contributed by atoms with Crippen LogP contribution in [0.2, 0.25) is 0 Å². The summed E-state index contributed by atoms with van der Waals surface area (Å²) < 4.78 is 0. The van der Waals surface area contributed by atoms with E-state index in [1.54, 1.807) is 0 Å². The number of guanidine groups is 1. The minimum atomic E-state index is 1.15. The minimum Gasteiger partial charge on any atom is -0.341 e. The molecule has 0 aliphatic carbocycles. The smallest absolute Gasteiger partial charge is 0.196 e. The van der Waals surface area contributed by atoms with Gasteiger partial charge in [-0.25, -0.2) is 0 Å². The summed E-state index contributed by atoms with van der Waals surface area (Å²) in [7, 11) is 1.89. The van der Waals surface area contributed by atoms with Crippen LogP contribution in [0.25, 0.3) is 0 Å². The topological polar surface area (TPSA) is 18.8 Å². The van der Waals surface area contributed by atoms with E-state index in [0.29, 0.717) is 0 Å². The van der Waals surface area contributed by atoms with Crippen molar-refractivity contribution in [1.29, 1.82) is 0 Å². The first-order chi connectivity index (χ1) is 6.33. The Morgan fingerprint density at radius 3 is 1.85 bits per heavy atom. The molecule has 13 heavy (non-hydrogen) atoms. The van der Waals surface area contributed by atoms with E-state index in [9.17, 15) is 0 Å². The maximum Gasteiger partial charge on any atom is 0.196 e. The van der Waals surface area contributed by atoms with E-state index in [0.717, 1.165) is 26.2 Å². The summed E-state index contributed by atoms with van der Waals surface area (Å²) in [4.78, 5) is 9.13. The summed E-state index contributed by atoms with van der Waals surface area (Å²) in [6, 6.07) is 0. The van der Waals surface area contributed by atoms with Crippen molar-refractivity contribution in [1.82, 2.24) is 9.80 Å². The molecule has 1 rings (SSSR count). The lowest BCUT2D eigenvalue weighted by molar-refractivity contribution is 0.458. The van der Waals surface area contributed by atoms with E-state index in [4.69, 9.17) is 0 Å². The second-order valence-corrected chi connectivity index (χ2v) is 3.50. The van der Waals surface area contributed by atoms with Gasteiger partial charge >= 0.3 is 0 Å². The zero-order valence-corrected chi connectivity index (χ0v) is 9.08. The van der Waals surface area contributed by atoms with Crippen molar-refractivity contribution >= 4 is 5.96 Å². The molecule has 1 aliphatic heterocycles. The second kappa shape index (κ2) is 5.10. The van der Waals surface area contributed by atoms with Gasteiger partial charge in [-0.05, 0) is 12.8 Å². The Hall–Kier alpha value is -0.730. The Kier molecular flexibility index (Phi) is 4.06. The zero-order valence-electron chi connectivity index (χ0n) is 9.08. The average Bonchev–Trinajstić information content (AvgIpc) is 2.49. The number of hydrogen-bond acceptors (Lipinski definition) is 1. The highest BCUT2D eigenvalue weighted by atomic mass is 15.4. The standard InChI is InChI=1S/C10H21N3/c1-4-6-12-8-9-13(7-5-2)10(12)11-3/h4-9H2,1-3H3. The molecule has 0 bridgehead atoms. The van der Waals surface area contributed by atoms with Crippen LogP contribution in [0.1, 0.15) is 26.7 Å². The van der Waals surface area contributed by atoms with Crippen LogP contribution in [0, 0.1) is 0 Å². The maximum absolute atomic E-state index is 4.36. The third-order valence-electron chi connectivity index (χ3n) is 2.39.